The van der Waals surface area contributed by atoms with Crippen molar-refractivity contribution in [1.82, 2.24) is 15.0 Å². The summed E-state index contributed by atoms with van der Waals surface area (Å²) < 4.78 is 4.97. The van der Waals surface area contributed by atoms with Crippen LogP contribution in [0.4, 0.5) is 0 Å². The van der Waals surface area contributed by atoms with Crippen molar-refractivity contribution in [2.45, 2.75) is 19.9 Å². The molecule has 1 aromatic heterocycles. The Labute approximate surface area is 109 Å². The first kappa shape index (κ1) is 13.5. The quantitative estimate of drug-likeness (QED) is 0.783. The fourth-order valence-corrected chi connectivity index (χ4v) is 2.30. The summed E-state index contributed by atoms with van der Waals surface area (Å²) in [5.41, 5.74) is 0. The Morgan fingerprint density at radius 1 is 1.37 bits per heavy atom. The molecule has 2 heterocycles. The van der Waals surface area contributed by atoms with Crippen LogP contribution in [-0.4, -0.2) is 50.3 Å². The summed E-state index contributed by atoms with van der Waals surface area (Å²) in [7, 11) is 0. The molecule has 0 amide bonds. The number of nitrogens with zero attached hydrogens (tertiary/aromatic N) is 3. The van der Waals surface area contributed by atoms with Gasteiger partial charge in [-0.25, -0.2) is 0 Å². The molecule has 104 valence electrons. The Morgan fingerprint density at radius 2 is 2.05 bits per heavy atom. The average molecular weight is 269 g/mol. The Hall–Kier alpha value is -1.96. The third-order valence-corrected chi connectivity index (χ3v) is 3.26. The van der Waals surface area contributed by atoms with E-state index in [1.54, 1.807) is 6.92 Å². The first-order valence-corrected chi connectivity index (χ1v) is 5.94. The van der Waals surface area contributed by atoms with Crippen molar-refractivity contribution < 1.29 is 24.3 Å². The summed E-state index contributed by atoms with van der Waals surface area (Å²) in [6.45, 7) is 2.72. The lowest BCUT2D eigenvalue weighted by Gasteiger charge is -2.33. The molecule has 8 heteroatoms. The number of carboxylic acid groups (broad SMARTS) is 2. The summed E-state index contributed by atoms with van der Waals surface area (Å²) in [5, 5.41) is 21.8. The Balaban J connectivity index is 2.02. The van der Waals surface area contributed by atoms with Gasteiger partial charge in [-0.05, 0) is 19.9 Å². The van der Waals surface area contributed by atoms with Crippen molar-refractivity contribution >= 4 is 11.9 Å². The van der Waals surface area contributed by atoms with E-state index in [0.29, 0.717) is 31.2 Å². The molecular weight excluding hydrogens is 254 g/mol. The van der Waals surface area contributed by atoms with Gasteiger partial charge in [-0.15, -0.1) is 0 Å². The Bertz CT molecular complexity index is 486. The van der Waals surface area contributed by atoms with Gasteiger partial charge < -0.3 is 14.7 Å². The van der Waals surface area contributed by atoms with Crippen molar-refractivity contribution in [2.75, 3.05) is 13.1 Å². The molecule has 0 radical (unpaired) electrons. The van der Waals surface area contributed by atoms with Crippen LogP contribution in [0.5, 0.6) is 0 Å². The molecule has 8 nitrogen and oxygen atoms in total. The highest BCUT2D eigenvalue weighted by Crippen LogP contribution is 2.25. The Kier molecular flexibility index (Phi) is 3.79. The minimum absolute atomic E-state index is 0.174. The van der Waals surface area contributed by atoms with Gasteiger partial charge in [0.15, 0.2) is 5.82 Å². The second-order valence-electron chi connectivity index (χ2n) is 4.65. The molecule has 0 aromatic carbocycles. The number of hydrogen-bond acceptors (Lipinski definition) is 6. The van der Waals surface area contributed by atoms with E-state index in [0.717, 1.165) is 0 Å². The molecule has 0 spiro atoms. The second kappa shape index (κ2) is 5.35. The first-order chi connectivity index (χ1) is 8.97. The minimum atomic E-state index is -1.08. The predicted molar refractivity (Wildman–Crippen MR) is 61.2 cm³/mol. The van der Waals surface area contributed by atoms with Crippen molar-refractivity contribution in [1.29, 1.82) is 0 Å². The van der Waals surface area contributed by atoms with Gasteiger partial charge in [0.05, 0.1) is 18.4 Å². The molecule has 2 rings (SSSR count). The van der Waals surface area contributed by atoms with E-state index in [-0.39, 0.29) is 6.54 Å². The monoisotopic (exact) mass is 269 g/mol. The van der Waals surface area contributed by atoms with E-state index >= 15 is 0 Å². The third kappa shape index (κ3) is 3.08. The molecule has 0 saturated carbocycles. The molecule has 19 heavy (non-hydrogen) atoms. The lowest BCUT2D eigenvalue weighted by molar-refractivity contribution is -0.157. The zero-order valence-corrected chi connectivity index (χ0v) is 10.4. The van der Waals surface area contributed by atoms with Crippen LogP contribution in [0.2, 0.25) is 0 Å². The molecule has 1 saturated heterocycles. The maximum absolute atomic E-state index is 11.1. The number of likely N-dealkylation sites (tertiary alicyclic amines) is 1. The van der Waals surface area contributed by atoms with Crippen molar-refractivity contribution in [3.8, 4) is 0 Å². The highest BCUT2D eigenvalue weighted by molar-refractivity contribution is 5.80. The van der Waals surface area contributed by atoms with Gasteiger partial charge in [-0.3, -0.25) is 14.5 Å². The zero-order chi connectivity index (χ0) is 14.0. The molecule has 1 fully saturated rings. The highest BCUT2D eigenvalue weighted by Gasteiger charge is 2.38. The standard InChI is InChI=1S/C11H15N3O5/c1-6-12-9(19-13-6)5-14-3-2-7(10(15)16)8(4-14)11(17)18/h7-8H,2-5H2,1H3,(H,15,16)(H,17,18). The van der Waals surface area contributed by atoms with E-state index in [9.17, 15) is 9.59 Å². The SMILES string of the molecule is Cc1noc(CN2CCC(C(=O)O)C(C(=O)O)C2)n1. The smallest absolute Gasteiger partial charge is 0.308 e. The van der Waals surface area contributed by atoms with Crippen molar-refractivity contribution in [3.05, 3.63) is 11.7 Å². The van der Waals surface area contributed by atoms with Crippen LogP contribution < -0.4 is 0 Å². The third-order valence-electron chi connectivity index (χ3n) is 3.26. The topological polar surface area (TPSA) is 117 Å². The number of piperidine rings is 1. The summed E-state index contributed by atoms with van der Waals surface area (Å²) in [6.07, 6.45) is 0.305. The molecular formula is C11H15N3O5. The number of aromatic nitrogens is 2. The Morgan fingerprint density at radius 3 is 2.58 bits per heavy atom. The summed E-state index contributed by atoms with van der Waals surface area (Å²) in [5.74, 6) is -2.95. The number of carbonyl (C=O) groups is 2. The maximum Gasteiger partial charge on any atom is 0.308 e. The largest absolute Gasteiger partial charge is 0.481 e. The van der Waals surface area contributed by atoms with Gasteiger partial charge in [-0.2, -0.15) is 4.98 Å². The number of rotatable bonds is 4. The summed E-state index contributed by atoms with van der Waals surface area (Å²) in [6, 6.07) is 0. The average Bonchev–Trinajstić information content (AvgIpc) is 2.74. The van der Waals surface area contributed by atoms with E-state index < -0.39 is 23.8 Å². The fraction of sp³-hybridized carbons (Fsp3) is 0.636. The van der Waals surface area contributed by atoms with Crippen LogP contribution in [0.15, 0.2) is 4.52 Å². The van der Waals surface area contributed by atoms with E-state index in [4.69, 9.17) is 14.7 Å². The summed E-state index contributed by atoms with van der Waals surface area (Å²) >= 11 is 0. The van der Waals surface area contributed by atoms with Crippen LogP contribution in [0.1, 0.15) is 18.1 Å². The molecule has 2 unspecified atom stereocenters. The first-order valence-electron chi connectivity index (χ1n) is 5.94. The van der Waals surface area contributed by atoms with Crippen molar-refractivity contribution in [3.63, 3.8) is 0 Å². The molecule has 0 bridgehead atoms. The highest BCUT2D eigenvalue weighted by atomic mass is 16.5. The number of aliphatic carboxylic acids is 2. The predicted octanol–water partition coefficient (Wildman–Crippen LogP) is -0.0147. The van der Waals surface area contributed by atoms with Gasteiger partial charge in [-0.1, -0.05) is 5.16 Å². The molecule has 2 N–H and O–H groups in total. The van der Waals surface area contributed by atoms with Gasteiger partial charge in [0.1, 0.15) is 0 Å². The molecule has 1 aliphatic rings. The van der Waals surface area contributed by atoms with Crippen LogP contribution in [0.3, 0.4) is 0 Å². The lowest BCUT2D eigenvalue weighted by Crippen LogP contribution is -2.46. The van der Waals surface area contributed by atoms with Gasteiger partial charge in [0.2, 0.25) is 5.89 Å². The van der Waals surface area contributed by atoms with Crippen molar-refractivity contribution in [2.24, 2.45) is 11.8 Å². The van der Waals surface area contributed by atoms with Crippen LogP contribution in [0.25, 0.3) is 0 Å². The van der Waals surface area contributed by atoms with E-state index in [1.165, 1.54) is 0 Å². The van der Waals surface area contributed by atoms with Crippen LogP contribution >= 0.6 is 0 Å². The lowest BCUT2D eigenvalue weighted by atomic mass is 9.85. The van der Waals surface area contributed by atoms with E-state index in [2.05, 4.69) is 10.1 Å². The molecule has 0 aliphatic carbocycles. The van der Waals surface area contributed by atoms with E-state index in [1.807, 2.05) is 4.90 Å². The van der Waals surface area contributed by atoms with Crippen LogP contribution in [0, 0.1) is 18.8 Å². The number of hydrogen-bond donors (Lipinski definition) is 2. The maximum atomic E-state index is 11.1. The zero-order valence-electron chi connectivity index (χ0n) is 10.4. The molecule has 1 aromatic rings. The second-order valence-corrected chi connectivity index (χ2v) is 4.65. The molecule has 1 aliphatic heterocycles. The number of aryl methyl sites for hydroxylation is 1. The summed E-state index contributed by atoms with van der Waals surface area (Å²) in [4.78, 5) is 28.0. The van der Waals surface area contributed by atoms with Gasteiger partial charge in [0.25, 0.3) is 0 Å². The van der Waals surface area contributed by atoms with Gasteiger partial charge in [0, 0.05) is 6.54 Å². The molecule has 2 atom stereocenters. The fourth-order valence-electron chi connectivity index (χ4n) is 2.30. The van der Waals surface area contributed by atoms with Crippen LogP contribution in [-0.2, 0) is 16.1 Å². The normalized spacial score (nSPS) is 24.3. The minimum Gasteiger partial charge on any atom is -0.481 e. The van der Waals surface area contributed by atoms with Gasteiger partial charge >= 0.3 is 11.9 Å². The number of carboxylic acids is 2.